The highest BCUT2D eigenvalue weighted by Gasteiger charge is 2.23. The van der Waals surface area contributed by atoms with E-state index in [1.54, 1.807) is 0 Å². The molecule has 0 amide bonds. The molecule has 1 aromatic heterocycles. The summed E-state index contributed by atoms with van der Waals surface area (Å²) in [5.74, 6) is -0.345. The summed E-state index contributed by atoms with van der Waals surface area (Å²) in [5.41, 5.74) is 1.96. The monoisotopic (exact) mass is 282 g/mol. The van der Waals surface area contributed by atoms with E-state index in [2.05, 4.69) is 0 Å². The Labute approximate surface area is 114 Å². The SMILES string of the molecule is Cc1ccc(C(/C=C/C(F)(F)F)c2cccs2)cc1. The molecule has 0 spiro atoms. The van der Waals surface area contributed by atoms with Crippen LogP contribution >= 0.6 is 11.3 Å². The highest BCUT2D eigenvalue weighted by molar-refractivity contribution is 7.10. The second kappa shape index (κ2) is 5.61. The third kappa shape index (κ3) is 3.96. The lowest BCUT2D eigenvalue weighted by molar-refractivity contribution is -0.0800. The Morgan fingerprint density at radius 3 is 2.32 bits per heavy atom. The van der Waals surface area contributed by atoms with Gasteiger partial charge in [0.1, 0.15) is 0 Å². The summed E-state index contributed by atoms with van der Waals surface area (Å²) < 4.78 is 37.1. The van der Waals surface area contributed by atoms with Gasteiger partial charge in [0.25, 0.3) is 0 Å². The van der Waals surface area contributed by atoms with E-state index in [0.29, 0.717) is 6.08 Å². The fourth-order valence-corrected chi connectivity index (χ4v) is 2.65. The molecule has 19 heavy (non-hydrogen) atoms. The van der Waals surface area contributed by atoms with E-state index >= 15 is 0 Å². The molecule has 2 aromatic rings. The van der Waals surface area contributed by atoms with Gasteiger partial charge in [0.15, 0.2) is 0 Å². The van der Waals surface area contributed by atoms with Crippen LogP contribution in [0.5, 0.6) is 0 Å². The Morgan fingerprint density at radius 2 is 1.79 bits per heavy atom. The second-order valence-electron chi connectivity index (χ2n) is 4.30. The minimum atomic E-state index is -4.28. The van der Waals surface area contributed by atoms with E-state index < -0.39 is 6.18 Å². The molecule has 0 N–H and O–H groups in total. The summed E-state index contributed by atoms with van der Waals surface area (Å²) in [5, 5.41) is 1.87. The molecule has 1 atom stereocenters. The molecule has 0 bridgehead atoms. The molecular formula is C15H13F3S. The average molecular weight is 282 g/mol. The molecule has 0 aliphatic rings. The van der Waals surface area contributed by atoms with Crippen LogP contribution in [-0.2, 0) is 0 Å². The molecule has 2 rings (SSSR count). The highest BCUT2D eigenvalue weighted by Crippen LogP contribution is 2.31. The number of halogens is 3. The molecule has 0 radical (unpaired) electrons. The molecule has 1 unspecified atom stereocenters. The standard InChI is InChI=1S/C15H13F3S/c1-11-4-6-12(7-5-11)13(8-9-15(16,17)18)14-3-2-10-19-14/h2-10,13H,1H3/b9-8+. The first-order chi connectivity index (χ1) is 8.96. The predicted molar refractivity (Wildman–Crippen MR) is 72.5 cm³/mol. The van der Waals surface area contributed by atoms with Gasteiger partial charge in [-0.2, -0.15) is 13.2 Å². The molecule has 0 fully saturated rings. The Bertz CT molecular complexity index is 536. The van der Waals surface area contributed by atoms with Crippen molar-refractivity contribution in [2.75, 3.05) is 0 Å². The minimum absolute atomic E-state index is 0.317. The van der Waals surface area contributed by atoms with E-state index in [-0.39, 0.29) is 5.92 Å². The summed E-state index contributed by atoms with van der Waals surface area (Å²) in [6.07, 6.45) is -2.74. The number of alkyl halides is 3. The van der Waals surface area contributed by atoms with Gasteiger partial charge >= 0.3 is 6.18 Å². The van der Waals surface area contributed by atoms with Crippen LogP contribution in [0, 0.1) is 6.92 Å². The zero-order valence-corrected chi connectivity index (χ0v) is 11.1. The molecule has 0 aliphatic heterocycles. The maximum absolute atomic E-state index is 12.4. The van der Waals surface area contributed by atoms with Gasteiger partial charge in [0, 0.05) is 16.9 Å². The van der Waals surface area contributed by atoms with Crippen molar-refractivity contribution in [1.29, 1.82) is 0 Å². The predicted octanol–water partition coefficient (Wildman–Crippen LogP) is 5.31. The van der Waals surface area contributed by atoms with Crippen molar-refractivity contribution in [2.45, 2.75) is 19.0 Å². The first kappa shape index (κ1) is 13.9. The van der Waals surface area contributed by atoms with Gasteiger partial charge in [-0.25, -0.2) is 0 Å². The number of thiophene rings is 1. The van der Waals surface area contributed by atoms with Gasteiger partial charge in [-0.1, -0.05) is 42.0 Å². The molecule has 1 heterocycles. The smallest absolute Gasteiger partial charge is 0.167 e. The summed E-state index contributed by atoms with van der Waals surface area (Å²) in [6, 6.07) is 11.3. The fraction of sp³-hybridized carbons (Fsp3) is 0.200. The van der Waals surface area contributed by atoms with Gasteiger partial charge in [0.2, 0.25) is 0 Å². The number of aryl methyl sites for hydroxylation is 1. The molecule has 0 saturated carbocycles. The maximum Gasteiger partial charge on any atom is 0.409 e. The quantitative estimate of drug-likeness (QED) is 0.669. The number of allylic oxidation sites excluding steroid dienone is 2. The second-order valence-corrected chi connectivity index (χ2v) is 5.28. The Hall–Kier alpha value is -1.55. The van der Waals surface area contributed by atoms with Crippen LogP contribution in [0.2, 0.25) is 0 Å². The van der Waals surface area contributed by atoms with Crippen molar-refractivity contribution in [3.8, 4) is 0 Å². The lowest BCUT2D eigenvalue weighted by atomic mass is 9.96. The third-order valence-electron chi connectivity index (χ3n) is 2.76. The molecule has 100 valence electrons. The fourth-order valence-electron chi connectivity index (χ4n) is 1.82. The molecule has 0 saturated heterocycles. The van der Waals surface area contributed by atoms with Crippen molar-refractivity contribution in [2.24, 2.45) is 0 Å². The van der Waals surface area contributed by atoms with E-state index in [4.69, 9.17) is 0 Å². The van der Waals surface area contributed by atoms with Crippen molar-refractivity contribution in [3.05, 3.63) is 69.9 Å². The molecule has 4 heteroatoms. The Morgan fingerprint density at radius 1 is 1.11 bits per heavy atom. The first-order valence-electron chi connectivity index (χ1n) is 5.82. The maximum atomic E-state index is 12.4. The highest BCUT2D eigenvalue weighted by atomic mass is 32.1. The van der Waals surface area contributed by atoms with Crippen LogP contribution in [0.4, 0.5) is 13.2 Å². The topological polar surface area (TPSA) is 0 Å². The Kier molecular flexibility index (Phi) is 4.10. The van der Waals surface area contributed by atoms with E-state index in [0.717, 1.165) is 16.0 Å². The van der Waals surface area contributed by atoms with E-state index in [9.17, 15) is 13.2 Å². The normalized spacial score (nSPS) is 13.9. The van der Waals surface area contributed by atoms with Crippen LogP contribution < -0.4 is 0 Å². The number of benzene rings is 1. The number of hydrogen-bond acceptors (Lipinski definition) is 1. The van der Waals surface area contributed by atoms with Crippen molar-refractivity contribution < 1.29 is 13.2 Å². The van der Waals surface area contributed by atoms with Crippen molar-refractivity contribution in [1.82, 2.24) is 0 Å². The van der Waals surface area contributed by atoms with Gasteiger partial charge in [-0.15, -0.1) is 11.3 Å². The first-order valence-corrected chi connectivity index (χ1v) is 6.70. The molecule has 0 aliphatic carbocycles. The van der Waals surface area contributed by atoms with Crippen LogP contribution in [0.3, 0.4) is 0 Å². The third-order valence-corrected chi connectivity index (χ3v) is 3.72. The van der Waals surface area contributed by atoms with Gasteiger partial charge in [-0.3, -0.25) is 0 Å². The molecule has 1 aromatic carbocycles. The minimum Gasteiger partial charge on any atom is -0.167 e. The number of hydrogen-bond donors (Lipinski definition) is 0. The van der Waals surface area contributed by atoms with Gasteiger partial charge < -0.3 is 0 Å². The van der Waals surface area contributed by atoms with E-state index in [1.165, 1.54) is 17.4 Å². The van der Waals surface area contributed by atoms with Gasteiger partial charge in [-0.05, 0) is 23.9 Å². The van der Waals surface area contributed by atoms with Crippen LogP contribution in [0.25, 0.3) is 0 Å². The summed E-state index contributed by atoms with van der Waals surface area (Å²) >= 11 is 1.46. The Balaban J connectivity index is 2.35. The largest absolute Gasteiger partial charge is 0.409 e. The summed E-state index contributed by atoms with van der Waals surface area (Å²) in [6.45, 7) is 1.95. The molecule has 0 nitrogen and oxygen atoms in total. The van der Waals surface area contributed by atoms with Crippen molar-refractivity contribution in [3.63, 3.8) is 0 Å². The van der Waals surface area contributed by atoms with Crippen LogP contribution in [0.15, 0.2) is 53.9 Å². The number of rotatable bonds is 3. The van der Waals surface area contributed by atoms with Crippen molar-refractivity contribution >= 4 is 11.3 Å². The summed E-state index contributed by atoms with van der Waals surface area (Å²) in [7, 11) is 0. The van der Waals surface area contributed by atoms with Crippen LogP contribution in [-0.4, -0.2) is 6.18 Å². The lowest BCUT2D eigenvalue weighted by Crippen LogP contribution is -2.03. The zero-order valence-electron chi connectivity index (χ0n) is 10.3. The zero-order chi connectivity index (χ0) is 13.9. The van der Waals surface area contributed by atoms with Crippen LogP contribution in [0.1, 0.15) is 21.9 Å². The van der Waals surface area contributed by atoms with E-state index in [1.807, 2.05) is 48.7 Å². The van der Waals surface area contributed by atoms with Gasteiger partial charge in [0.05, 0.1) is 0 Å². The average Bonchev–Trinajstić information content (AvgIpc) is 2.84. The molecular weight excluding hydrogens is 269 g/mol. The summed E-state index contributed by atoms with van der Waals surface area (Å²) in [4.78, 5) is 0.907. The lowest BCUT2D eigenvalue weighted by Gasteiger charge is -2.12.